The van der Waals surface area contributed by atoms with Crippen LogP contribution in [0.25, 0.3) is 0 Å². The van der Waals surface area contributed by atoms with Gasteiger partial charge in [0.05, 0.1) is 5.69 Å². The number of aryl methyl sites for hydroxylation is 1. The van der Waals surface area contributed by atoms with Gasteiger partial charge >= 0.3 is 12.1 Å². The van der Waals surface area contributed by atoms with E-state index in [2.05, 4.69) is 11.8 Å². The smallest absolute Gasteiger partial charge is 0.380 e. The van der Waals surface area contributed by atoms with Crippen LogP contribution in [0.3, 0.4) is 0 Å². The maximum absolute atomic E-state index is 12.3. The first-order valence-electron chi connectivity index (χ1n) is 6.48. The van der Waals surface area contributed by atoms with Crippen LogP contribution in [0.1, 0.15) is 31.4 Å². The van der Waals surface area contributed by atoms with Crippen molar-refractivity contribution in [2.45, 2.75) is 39.0 Å². The molecule has 1 atom stereocenters. The van der Waals surface area contributed by atoms with E-state index in [0.29, 0.717) is 12.8 Å². The molecular formula is C15H16F3NO2. The lowest BCUT2D eigenvalue weighted by atomic mass is 10.1. The molecule has 114 valence electrons. The number of aliphatic hydroxyl groups excluding tert-OH is 1. The lowest BCUT2D eigenvalue weighted by Crippen LogP contribution is -2.30. The van der Waals surface area contributed by atoms with Crippen LogP contribution < -0.4 is 5.32 Å². The van der Waals surface area contributed by atoms with Crippen LogP contribution in [-0.2, 0) is 11.2 Å². The molecule has 1 amide bonds. The molecule has 0 aromatic heterocycles. The molecule has 0 aliphatic heterocycles. The third-order valence-electron chi connectivity index (χ3n) is 2.76. The molecule has 6 heteroatoms. The number of carbonyl (C=O) groups excluding carboxylic acids is 1. The average molecular weight is 299 g/mol. The molecule has 0 aliphatic carbocycles. The zero-order chi connectivity index (χ0) is 16.0. The molecule has 21 heavy (non-hydrogen) atoms. The van der Waals surface area contributed by atoms with Crippen molar-refractivity contribution in [3.05, 3.63) is 29.3 Å². The topological polar surface area (TPSA) is 49.3 Å². The largest absolute Gasteiger partial charge is 0.471 e. The Kier molecular flexibility index (Phi) is 5.79. The molecule has 2 N–H and O–H groups in total. The fourth-order valence-corrected chi connectivity index (χ4v) is 1.48. The molecule has 0 fully saturated rings. The molecule has 0 heterocycles. The van der Waals surface area contributed by atoms with Crippen molar-refractivity contribution in [2.24, 2.45) is 0 Å². The maximum Gasteiger partial charge on any atom is 0.471 e. The van der Waals surface area contributed by atoms with Crippen LogP contribution in [0.2, 0.25) is 0 Å². The first-order valence-corrected chi connectivity index (χ1v) is 6.48. The van der Waals surface area contributed by atoms with Crippen molar-refractivity contribution in [1.29, 1.82) is 0 Å². The Hall–Kier alpha value is -2.00. The van der Waals surface area contributed by atoms with E-state index < -0.39 is 18.2 Å². The highest BCUT2D eigenvalue weighted by Gasteiger charge is 2.38. The van der Waals surface area contributed by atoms with Crippen molar-refractivity contribution < 1.29 is 23.1 Å². The maximum atomic E-state index is 12.3. The number of hydrogen-bond acceptors (Lipinski definition) is 2. The molecule has 1 aromatic carbocycles. The van der Waals surface area contributed by atoms with Gasteiger partial charge in [-0.1, -0.05) is 31.8 Å². The minimum atomic E-state index is -4.96. The monoisotopic (exact) mass is 299 g/mol. The van der Waals surface area contributed by atoms with Crippen LogP contribution in [0.15, 0.2) is 18.2 Å². The predicted octanol–water partition coefficient (Wildman–Crippen LogP) is 2.87. The third-order valence-corrected chi connectivity index (χ3v) is 2.76. The van der Waals surface area contributed by atoms with E-state index in [4.69, 9.17) is 0 Å². The summed E-state index contributed by atoms with van der Waals surface area (Å²) in [5.74, 6) is 3.09. The SMILES string of the molecule is CCc1ccc(NC(=O)C(F)(F)F)c(C#CC(O)CC)c1. The molecule has 0 radical (unpaired) electrons. The van der Waals surface area contributed by atoms with Crippen LogP contribution in [0.4, 0.5) is 18.9 Å². The van der Waals surface area contributed by atoms with Gasteiger partial charge in [0.15, 0.2) is 0 Å². The Balaban J connectivity index is 3.12. The number of hydrogen-bond donors (Lipinski definition) is 2. The summed E-state index contributed by atoms with van der Waals surface area (Å²) in [6.45, 7) is 3.62. The summed E-state index contributed by atoms with van der Waals surface area (Å²) < 4.78 is 36.9. The van der Waals surface area contributed by atoms with Crippen LogP contribution in [0.5, 0.6) is 0 Å². The van der Waals surface area contributed by atoms with Crippen LogP contribution in [-0.4, -0.2) is 23.3 Å². The highest BCUT2D eigenvalue weighted by Crippen LogP contribution is 2.22. The van der Waals surface area contributed by atoms with Crippen molar-refractivity contribution in [3.63, 3.8) is 0 Å². The Morgan fingerprint density at radius 1 is 1.38 bits per heavy atom. The van der Waals surface area contributed by atoms with E-state index >= 15 is 0 Å². The number of rotatable bonds is 3. The summed E-state index contributed by atoms with van der Waals surface area (Å²) in [4.78, 5) is 11.0. The van der Waals surface area contributed by atoms with E-state index in [0.717, 1.165) is 5.56 Å². The minimum absolute atomic E-state index is 0.0228. The Labute approximate surface area is 121 Å². The first-order chi connectivity index (χ1) is 9.77. The van der Waals surface area contributed by atoms with Gasteiger partial charge in [-0.3, -0.25) is 4.79 Å². The fraction of sp³-hybridized carbons (Fsp3) is 0.400. The molecular weight excluding hydrogens is 283 g/mol. The molecule has 1 unspecified atom stereocenters. The normalized spacial score (nSPS) is 12.3. The van der Waals surface area contributed by atoms with Crippen molar-refractivity contribution in [3.8, 4) is 11.8 Å². The van der Waals surface area contributed by atoms with Gasteiger partial charge in [0, 0.05) is 5.56 Å². The third kappa shape index (κ3) is 5.12. The van der Waals surface area contributed by atoms with Gasteiger partial charge in [0.1, 0.15) is 6.10 Å². The molecule has 1 rings (SSSR count). The summed E-state index contributed by atoms with van der Waals surface area (Å²) in [5.41, 5.74) is 1.10. The second-order valence-electron chi connectivity index (χ2n) is 4.38. The van der Waals surface area contributed by atoms with Gasteiger partial charge in [-0.25, -0.2) is 0 Å². The van der Waals surface area contributed by atoms with E-state index in [-0.39, 0.29) is 11.3 Å². The van der Waals surface area contributed by atoms with Gasteiger partial charge in [0.25, 0.3) is 0 Å². The van der Waals surface area contributed by atoms with Gasteiger partial charge in [-0.15, -0.1) is 0 Å². The highest BCUT2D eigenvalue weighted by atomic mass is 19.4. The Bertz CT molecular complexity index is 571. The number of carbonyl (C=O) groups is 1. The number of anilines is 1. The summed E-state index contributed by atoms with van der Waals surface area (Å²) in [6, 6.07) is 4.60. The minimum Gasteiger partial charge on any atom is -0.380 e. The zero-order valence-corrected chi connectivity index (χ0v) is 11.7. The highest BCUT2D eigenvalue weighted by molar-refractivity contribution is 5.96. The van der Waals surface area contributed by atoms with Gasteiger partial charge in [-0.2, -0.15) is 13.2 Å². The Morgan fingerprint density at radius 3 is 2.57 bits per heavy atom. The van der Waals surface area contributed by atoms with Crippen molar-refractivity contribution in [1.82, 2.24) is 0 Å². The first kappa shape index (κ1) is 17.1. The summed E-state index contributed by atoms with van der Waals surface area (Å²) in [7, 11) is 0. The van der Waals surface area contributed by atoms with E-state index in [9.17, 15) is 23.1 Å². The van der Waals surface area contributed by atoms with Crippen molar-refractivity contribution >= 4 is 11.6 Å². The van der Waals surface area contributed by atoms with Crippen molar-refractivity contribution in [2.75, 3.05) is 5.32 Å². The number of benzene rings is 1. The molecule has 3 nitrogen and oxygen atoms in total. The number of halogens is 3. The van der Waals surface area contributed by atoms with Gasteiger partial charge in [-0.05, 0) is 30.5 Å². The molecule has 0 saturated heterocycles. The van der Waals surface area contributed by atoms with E-state index in [1.165, 1.54) is 6.07 Å². The molecule has 0 spiro atoms. The molecule has 0 saturated carbocycles. The summed E-state index contributed by atoms with van der Waals surface area (Å²) >= 11 is 0. The van der Waals surface area contributed by atoms with Gasteiger partial charge in [0.2, 0.25) is 0 Å². The molecule has 0 bridgehead atoms. The van der Waals surface area contributed by atoms with Crippen LogP contribution >= 0.6 is 0 Å². The fourth-order valence-electron chi connectivity index (χ4n) is 1.48. The number of alkyl halides is 3. The van der Waals surface area contributed by atoms with E-state index in [1.54, 1.807) is 24.4 Å². The second kappa shape index (κ2) is 7.14. The quantitative estimate of drug-likeness (QED) is 0.843. The Morgan fingerprint density at radius 2 is 2.05 bits per heavy atom. The molecule has 0 aliphatic rings. The van der Waals surface area contributed by atoms with Gasteiger partial charge < -0.3 is 10.4 Å². The standard InChI is InChI=1S/C15H16F3NO2/c1-3-10-5-8-13(19-14(21)15(16,17)18)11(9-10)6-7-12(20)4-2/h5,8-9,12,20H,3-4H2,1-2H3,(H,19,21). The second-order valence-corrected chi connectivity index (χ2v) is 4.38. The molecule has 1 aromatic rings. The summed E-state index contributed by atoms with van der Waals surface area (Å²) in [5, 5.41) is 11.2. The predicted molar refractivity (Wildman–Crippen MR) is 73.7 cm³/mol. The lowest BCUT2D eigenvalue weighted by molar-refractivity contribution is -0.167. The summed E-state index contributed by atoms with van der Waals surface area (Å²) in [6.07, 6.45) is -4.73. The number of nitrogens with one attached hydrogen (secondary N) is 1. The number of amides is 1. The zero-order valence-electron chi connectivity index (χ0n) is 11.7. The van der Waals surface area contributed by atoms with E-state index in [1.807, 2.05) is 6.92 Å². The average Bonchev–Trinajstić information content (AvgIpc) is 2.44. The lowest BCUT2D eigenvalue weighted by Gasteiger charge is -2.11. The van der Waals surface area contributed by atoms with Crippen LogP contribution in [0, 0.1) is 11.8 Å². The number of aliphatic hydroxyl groups is 1.